The number of nitrogens with one attached hydrogen (secondary N) is 2. The SMILES string of the molecule is COc1cc(OC)cc(C(=O)NNC(=O)c2cc(Br)ccc2Cl)c1. The van der Waals surface area contributed by atoms with Crippen molar-refractivity contribution in [2.24, 2.45) is 0 Å². The Morgan fingerprint density at radius 1 is 0.958 bits per heavy atom. The number of carbonyl (C=O) groups is 2. The Morgan fingerprint density at radius 3 is 2.12 bits per heavy atom. The normalized spacial score (nSPS) is 10.0. The van der Waals surface area contributed by atoms with Gasteiger partial charge < -0.3 is 9.47 Å². The highest BCUT2D eigenvalue weighted by atomic mass is 79.9. The molecular weight excluding hydrogens is 400 g/mol. The fraction of sp³-hybridized carbons (Fsp3) is 0.125. The van der Waals surface area contributed by atoms with Crippen molar-refractivity contribution >= 4 is 39.3 Å². The maximum atomic E-state index is 12.2. The van der Waals surface area contributed by atoms with Crippen LogP contribution in [-0.2, 0) is 0 Å². The van der Waals surface area contributed by atoms with Crippen LogP contribution < -0.4 is 20.3 Å². The topological polar surface area (TPSA) is 76.7 Å². The van der Waals surface area contributed by atoms with Gasteiger partial charge >= 0.3 is 0 Å². The van der Waals surface area contributed by atoms with Crippen LogP contribution in [0.15, 0.2) is 40.9 Å². The summed E-state index contributed by atoms with van der Waals surface area (Å²) in [5, 5.41) is 0.271. The summed E-state index contributed by atoms with van der Waals surface area (Å²) in [5.74, 6) is -0.141. The molecule has 2 aromatic carbocycles. The highest BCUT2D eigenvalue weighted by molar-refractivity contribution is 9.10. The van der Waals surface area contributed by atoms with E-state index in [1.54, 1.807) is 24.3 Å². The van der Waals surface area contributed by atoms with E-state index in [-0.39, 0.29) is 16.1 Å². The molecular formula is C16H14BrClN2O4. The Balaban J connectivity index is 2.10. The Morgan fingerprint density at radius 2 is 1.54 bits per heavy atom. The number of ether oxygens (including phenoxy) is 2. The number of benzene rings is 2. The molecule has 0 saturated heterocycles. The lowest BCUT2D eigenvalue weighted by Gasteiger charge is -2.11. The predicted molar refractivity (Wildman–Crippen MR) is 93.6 cm³/mol. The first-order valence-corrected chi connectivity index (χ1v) is 7.90. The lowest BCUT2D eigenvalue weighted by atomic mass is 10.2. The fourth-order valence-corrected chi connectivity index (χ4v) is 2.43. The van der Waals surface area contributed by atoms with Crippen molar-refractivity contribution in [3.05, 3.63) is 57.0 Å². The third-order valence-corrected chi connectivity index (χ3v) is 3.90. The van der Waals surface area contributed by atoms with Gasteiger partial charge in [-0.25, -0.2) is 0 Å². The zero-order chi connectivity index (χ0) is 17.7. The van der Waals surface area contributed by atoms with E-state index >= 15 is 0 Å². The molecule has 0 aliphatic rings. The molecule has 0 atom stereocenters. The average molecular weight is 414 g/mol. The highest BCUT2D eigenvalue weighted by Crippen LogP contribution is 2.23. The minimum atomic E-state index is -0.537. The van der Waals surface area contributed by atoms with Crippen LogP contribution in [-0.4, -0.2) is 26.0 Å². The first-order valence-electron chi connectivity index (χ1n) is 6.73. The van der Waals surface area contributed by atoms with Gasteiger partial charge in [0.2, 0.25) is 0 Å². The van der Waals surface area contributed by atoms with Gasteiger partial charge in [-0.1, -0.05) is 27.5 Å². The Bertz CT molecular complexity index is 760. The second-order valence-corrected chi connectivity index (χ2v) is 5.96. The summed E-state index contributed by atoms with van der Waals surface area (Å²) in [6, 6.07) is 9.52. The molecule has 2 amide bonds. The average Bonchev–Trinajstić information content (AvgIpc) is 2.60. The van der Waals surface area contributed by atoms with Crippen molar-refractivity contribution < 1.29 is 19.1 Å². The zero-order valence-corrected chi connectivity index (χ0v) is 15.2. The summed E-state index contributed by atoms with van der Waals surface area (Å²) >= 11 is 9.23. The number of amides is 2. The van der Waals surface area contributed by atoms with E-state index in [2.05, 4.69) is 26.8 Å². The van der Waals surface area contributed by atoms with E-state index in [1.807, 2.05) is 0 Å². The molecule has 0 saturated carbocycles. The van der Waals surface area contributed by atoms with Gasteiger partial charge in [-0.05, 0) is 30.3 Å². The molecule has 2 N–H and O–H groups in total. The quantitative estimate of drug-likeness (QED) is 0.755. The maximum absolute atomic E-state index is 12.2. The molecule has 0 spiro atoms. The summed E-state index contributed by atoms with van der Waals surface area (Å²) in [4.78, 5) is 24.3. The second-order valence-electron chi connectivity index (χ2n) is 4.63. The van der Waals surface area contributed by atoms with Crippen LogP contribution in [0.4, 0.5) is 0 Å². The molecule has 8 heteroatoms. The van der Waals surface area contributed by atoms with E-state index in [0.717, 1.165) is 0 Å². The maximum Gasteiger partial charge on any atom is 0.271 e. The number of halogens is 2. The number of methoxy groups -OCH3 is 2. The van der Waals surface area contributed by atoms with E-state index in [1.165, 1.54) is 26.4 Å². The third-order valence-electron chi connectivity index (χ3n) is 3.08. The first kappa shape index (κ1) is 18.1. The molecule has 0 aliphatic carbocycles. The number of hydrogen-bond donors (Lipinski definition) is 2. The van der Waals surface area contributed by atoms with Gasteiger partial charge in [-0.15, -0.1) is 0 Å². The molecule has 0 aromatic heterocycles. The van der Waals surface area contributed by atoms with Crippen molar-refractivity contribution in [3.63, 3.8) is 0 Å². The lowest BCUT2D eigenvalue weighted by Crippen LogP contribution is -2.41. The highest BCUT2D eigenvalue weighted by Gasteiger charge is 2.14. The number of rotatable bonds is 4. The summed E-state index contributed by atoms with van der Waals surface area (Å²) in [5.41, 5.74) is 5.14. The molecule has 0 heterocycles. The van der Waals surface area contributed by atoms with Crippen LogP contribution in [0.2, 0.25) is 5.02 Å². The van der Waals surface area contributed by atoms with Crippen molar-refractivity contribution in [1.29, 1.82) is 0 Å². The Labute approximate surface area is 152 Å². The van der Waals surface area contributed by atoms with Gasteiger partial charge in [0.05, 0.1) is 24.8 Å². The fourth-order valence-electron chi connectivity index (χ4n) is 1.86. The Hall–Kier alpha value is -2.25. The van der Waals surface area contributed by atoms with Crippen LogP contribution in [0, 0.1) is 0 Å². The van der Waals surface area contributed by atoms with Gasteiger partial charge in [0, 0.05) is 16.1 Å². The Kier molecular flexibility index (Phi) is 6.05. The molecule has 2 rings (SSSR count). The molecule has 126 valence electrons. The van der Waals surface area contributed by atoms with E-state index < -0.39 is 11.8 Å². The number of carbonyl (C=O) groups excluding carboxylic acids is 2. The largest absolute Gasteiger partial charge is 0.497 e. The number of hydrogen-bond acceptors (Lipinski definition) is 4. The van der Waals surface area contributed by atoms with Gasteiger partial charge in [-0.2, -0.15) is 0 Å². The van der Waals surface area contributed by atoms with Crippen LogP contribution in [0.3, 0.4) is 0 Å². The van der Waals surface area contributed by atoms with Crippen LogP contribution in [0.25, 0.3) is 0 Å². The zero-order valence-electron chi connectivity index (χ0n) is 12.9. The molecule has 24 heavy (non-hydrogen) atoms. The van der Waals surface area contributed by atoms with Gasteiger partial charge in [-0.3, -0.25) is 20.4 Å². The van der Waals surface area contributed by atoms with Crippen molar-refractivity contribution in [2.45, 2.75) is 0 Å². The van der Waals surface area contributed by atoms with Gasteiger partial charge in [0.25, 0.3) is 11.8 Å². The van der Waals surface area contributed by atoms with Crippen LogP contribution in [0.1, 0.15) is 20.7 Å². The van der Waals surface area contributed by atoms with Gasteiger partial charge in [0.1, 0.15) is 11.5 Å². The third kappa shape index (κ3) is 4.39. The van der Waals surface area contributed by atoms with E-state index in [4.69, 9.17) is 21.1 Å². The van der Waals surface area contributed by atoms with Crippen LogP contribution in [0.5, 0.6) is 11.5 Å². The van der Waals surface area contributed by atoms with Crippen molar-refractivity contribution in [1.82, 2.24) is 10.9 Å². The summed E-state index contributed by atoms with van der Waals surface area (Å²) in [7, 11) is 2.96. The molecule has 0 aliphatic heterocycles. The number of hydrazine groups is 1. The molecule has 6 nitrogen and oxygen atoms in total. The minimum absolute atomic E-state index is 0.231. The smallest absolute Gasteiger partial charge is 0.271 e. The van der Waals surface area contributed by atoms with Crippen LogP contribution >= 0.6 is 27.5 Å². The lowest BCUT2D eigenvalue weighted by molar-refractivity contribution is 0.0846. The molecule has 0 unspecified atom stereocenters. The predicted octanol–water partition coefficient (Wildman–Crippen LogP) is 3.19. The first-order chi connectivity index (χ1) is 11.4. The monoisotopic (exact) mass is 412 g/mol. The standard InChI is InChI=1S/C16H14BrClN2O4/c1-23-11-5-9(6-12(8-11)24-2)15(21)19-20-16(22)13-7-10(17)3-4-14(13)18/h3-8H,1-2H3,(H,19,21)(H,20,22). The van der Waals surface area contributed by atoms with E-state index in [0.29, 0.717) is 16.0 Å². The molecule has 2 aromatic rings. The summed E-state index contributed by atoms with van der Waals surface area (Å²) in [6.45, 7) is 0. The van der Waals surface area contributed by atoms with Gasteiger partial charge in [0.15, 0.2) is 0 Å². The summed E-state index contributed by atoms with van der Waals surface area (Å²) in [6.07, 6.45) is 0. The molecule has 0 radical (unpaired) electrons. The summed E-state index contributed by atoms with van der Waals surface area (Å²) < 4.78 is 10.9. The van der Waals surface area contributed by atoms with Crippen molar-refractivity contribution in [3.8, 4) is 11.5 Å². The minimum Gasteiger partial charge on any atom is -0.497 e. The van der Waals surface area contributed by atoms with Crippen molar-refractivity contribution in [2.75, 3.05) is 14.2 Å². The second kappa shape index (κ2) is 8.03. The molecule has 0 fully saturated rings. The molecule has 0 bridgehead atoms. The van der Waals surface area contributed by atoms with E-state index in [9.17, 15) is 9.59 Å².